The number of fused-ring (bicyclic) bond motifs is 1. The fraction of sp³-hybridized carbons (Fsp3) is 0. The predicted molar refractivity (Wildman–Crippen MR) is 77.5 cm³/mol. The smallest absolute Gasteiger partial charge is 0.338 e. The van der Waals surface area contributed by atoms with E-state index in [2.05, 4.69) is 10.3 Å². The average molecular weight is 286 g/mol. The fourth-order valence-electron chi connectivity index (χ4n) is 2.02. The minimum absolute atomic E-state index is 0.0991. The molecule has 1 amide bonds. The number of rotatable bonds is 3. The Hall–Kier alpha value is -2.60. The Morgan fingerprint density at radius 2 is 2.00 bits per heavy atom. The third-order valence-electron chi connectivity index (χ3n) is 2.95. The molecule has 0 unspecified atom stereocenters. The third-order valence-corrected chi connectivity index (χ3v) is 3.78. The van der Waals surface area contributed by atoms with Crippen LogP contribution in [0, 0.1) is 0 Å². The summed E-state index contributed by atoms with van der Waals surface area (Å²) in [6.07, 6.45) is 1.76. The Bertz CT molecular complexity index is 803. The second-order valence-electron chi connectivity index (χ2n) is 4.17. The van der Waals surface area contributed by atoms with Crippen LogP contribution in [0.2, 0.25) is 0 Å². The molecule has 3 aromatic rings. The Balaban J connectivity index is 1.95. The SMILES string of the molecule is O=C(O)c1ccsc1NC(=O)c1cccc2cc[nH]c12. The summed E-state index contributed by atoms with van der Waals surface area (Å²) < 4.78 is 0. The molecule has 0 saturated heterocycles. The summed E-state index contributed by atoms with van der Waals surface area (Å²) in [6.45, 7) is 0. The molecule has 20 heavy (non-hydrogen) atoms. The largest absolute Gasteiger partial charge is 0.478 e. The second kappa shape index (κ2) is 4.82. The minimum Gasteiger partial charge on any atom is -0.478 e. The molecule has 0 atom stereocenters. The first-order valence-electron chi connectivity index (χ1n) is 5.85. The summed E-state index contributed by atoms with van der Waals surface area (Å²) >= 11 is 1.19. The van der Waals surface area contributed by atoms with E-state index in [0.717, 1.165) is 10.9 Å². The second-order valence-corrected chi connectivity index (χ2v) is 5.09. The highest BCUT2D eigenvalue weighted by Crippen LogP contribution is 2.25. The van der Waals surface area contributed by atoms with Crippen molar-refractivity contribution >= 4 is 39.1 Å². The highest BCUT2D eigenvalue weighted by molar-refractivity contribution is 7.14. The quantitative estimate of drug-likeness (QED) is 0.691. The van der Waals surface area contributed by atoms with Crippen molar-refractivity contribution in [3.8, 4) is 0 Å². The Morgan fingerprint density at radius 1 is 1.15 bits per heavy atom. The van der Waals surface area contributed by atoms with Crippen molar-refractivity contribution in [1.29, 1.82) is 0 Å². The van der Waals surface area contributed by atoms with Gasteiger partial charge in [0.2, 0.25) is 0 Å². The van der Waals surface area contributed by atoms with Crippen molar-refractivity contribution in [2.75, 3.05) is 5.32 Å². The fourth-order valence-corrected chi connectivity index (χ4v) is 2.79. The topological polar surface area (TPSA) is 82.2 Å². The Morgan fingerprint density at radius 3 is 2.80 bits per heavy atom. The molecule has 0 aliphatic heterocycles. The lowest BCUT2D eigenvalue weighted by atomic mass is 10.1. The molecule has 100 valence electrons. The number of amides is 1. The van der Waals surface area contributed by atoms with E-state index in [9.17, 15) is 9.59 Å². The van der Waals surface area contributed by atoms with Crippen LogP contribution in [0.3, 0.4) is 0 Å². The highest BCUT2D eigenvalue weighted by Gasteiger charge is 2.16. The van der Waals surface area contributed by atoms with Gasteiger partial charge in [-0.15, -0.1) is 11.3 Å². The average Bonchev–Trinajstić information content (AvgIpc) is 3.05. The van der Waals surface area contributed by atoms with Gasteiger partial charge in [-0.25, -0.2) is 4.79 Å². The van der Waals surface area contributed by atoms with E-state index in [1.807, 2.05) is 12.1 Å². The van der Waals surface area contributed by atoms with Gasteiger partial charge in [0, 0.05) is 11.6 Å². The zero-order chi connectivity index (χ0) is 14.1. The first kappa shape index (κ1) is 12.4. The summed E-state index contributed by atoms with van der Waals surface area (Å²) in [5.41, 5.74) is 1.32. The van der Waals surface area contributed by atoms with Crippen LogP contribution in [0.5, 0.6) is 0 Å². The number of thiophene rings is 1. The molecule has 2 aromatic heterocycles. The number of H-pyrrole nitrogens is 1. The van der Waals surface area contributed by atoms with E-state index < -0.39 is 5.97 Å². The van der Waals surface area contributed by atoms with Crippen molar-refractivity contribution in [1.82, 2.24) is 4.98 Å². The molecule has 3 N–H and O–H groups in total. The van der Waals surface area contributed by atoms with Gasteiger partial charge in [-0.1, -0.05) is 12.1 Å². The van der Waals surface area contributed by atoms with Crippen LogP contribution in [0.15, 0.2) is 41.9 Å². The van der Waals surface area contributed by atoms with Gasteiger partial charge >= 0.3 is 5.97 Å². The molecule has 5 nitrogen and oxygen atoms in total. The normalized spacial score (nSPS) is 10.6. The van der Waals surface area contributed by atoms with E-state index in [0.29, 0.717) is 10.6 Å². The zero-order valence-electron chi connectivity index (χ0n) is 10.2. The maximum Gasteiger partial charge on any atom is 0.338 e. The van der Waals surface area contributed by atoms with Gasteiger partial charge in [0.25, 0.3) is 5.91 Å². The van der Waals surface area contributed by atoms with Gasteiger partial charge in [-0.05, 0) is 23.6 Å². The molecule has 0 fully saturated rings. The van der Waals surface area contributed by atoms with E-state index in [1.54, 1.807) is 23.7 Å². The molecular weight excluding hydrogens is 276 g/mol. The van der Waals surface area contributed by atoms with E-state index in [4.69, 9.17) is 5.11 Å². The van der Waals surface area contributed by atoms with Gasteiger partial charge in [-0.3, -0.25) is 4.79 Å². The Kier molecular flexibility index (Phi) is 3.00. The first-order chi connectivity index (χ1) is 9.66. The molecule has 0 saturated carbocycles. The summed E-state index contributed by atoms with van der Waals surface area (Å²) in [4.78, 5) is 26.3. The van der Waals surface area contributed by atoms with E-state index in [-0.39, 0.29) is 11.5 Å². The molecule has 0 aliphatic carbocycles. The number of carbonyl (C=O) groups is 2. The van der Waals surface area contributed by atoms with E-state index in [1.165, 1.54) is 17.4 Å². The molecule has 2 heterocycles. The molecule has 6 heteroatoms. The number of para-hydroxylation sites is 1. The van der Waals surface area contributed by atoms with Crippen LogP contribution in [-0.2, 0) is 0 Å². The van der Waals surface area contributed by atoms with Crippen molar-refractivity contribution in [2.24, 2.45) is 0 Å². The minimum atomic E-state index is -1.06. The monoisotopic (exact) mass is 286 g/mol. The summed E-state index contributed by atoms with van der Waals surface area (Å²) in [5.74, 6) is -1.39. The lowest BCUT2D eigenvalue weighted by Gasteiger charge is -2.05. The van der Waals surface area contributed by atoms with Gasteiger partial charge in [0.15, 0.2) is 0 Å². The summed E-state index contributed by atoms with van der Waals surface area (Å²) in [6, 6.07) is 8.73. The number of carboxylic acid groups (broad SMARTS) is 1. The maximum absolute atomic E-state index is 12.3. The number of aromatic amines is 1. The number of carbonyl (C=O) groups excluding carboxylic acids is 1. The Labute approximate surface area is 117 Å². The van der Waals surface area contributed by atoms with E-state index >= 15 is 0 Å². The molecule has 3 rings (SSSR count). The third kappa shape index (κ3) is 2.06. The summed E-state index contributed by atoms with van der Waals surface area (Å²) in [7, 11) is 0. The number of aromatic carboxylic acids is 1. The van der Waals surface area contributed by atoms with Crippen LogP contribution >= 0.6 is 11.3 Å². The number of nitrogens with one attached hydrogen (secondary N) is 2. The number of benzene rings is 1. The molecule has 1 aromatic carbocycles. The number of hydrogen-bond donors (Lipinski definition) is 3. The molecule has 0 radical (unpaired) electrons. The molecule has 0 spiro atoms. The highest BCUT2D eigenvalue weighted by atomic mass is 32.1. The summed E-state index contributed by atoms with van der Waals surface area (Å²) in [5, 5.41) is 14.6. The maximum atomic E-state index is 12.3. The standard InChI is InChI=1S/C14H10N2O3S/c17-12(16-13-10(14(18)19)5-7-20-13)9-3-1-2-8-4-6-15-11(8)9/h1-7,15H,(H,16,17)(H,18,19). The van der Waals surface area contributed by atoms with Gasteiger partial charge < -0.3 is 15.4 Å². The van der Waals surface area contributed by atoms with Crippen molar-refractivity contribution in [2.45, 2.75) is 0 Å². The first-order valence-corrected chi connectivity index (χ1v) is 6.73. The number of anilines is 1. The van der Waals surface area contributed by atoms with Crippen LogP contribution in [-0.4, -0.2) is 22.0 Å². The van der Waals surface area contributed by atoms with Crippen molar-refractivity contribution in [3.63, 3.8) is 0 Å². The molecular formula is C14H10N2O3S. The van der Waals surface area contributed by atoms with Crippen molar-refractivity contribution < 1.29 is 14.7 Å². The van der Waals surface area contributed by atoms with Crippen LogP contribution in [0.25, 0.3) is 10.9 Å². The zero-order valence-corrected chi connectivity index (χ0v) is 11.0. The number of aromatic nitrogens is 1. The van der Waals surface area contributed by atoms with Crippen LogP contribution in [0.1, 0.15) is 20.7 Å². The van der Waals surface area contributed by atoms with Crippen LogP contribution in [0.4, 0.5) is 5.00 Å². The lowest BCUT2D eigenvalue weighted by Crippen LogP contribution is -2.13. The van der Waals surface area contributed by atoms with Gasteiger partial charge in [0.1, 0.15) is 5.00 Å². The lowest BCUT2D eigenvalue weighted by molar-refractivity contribution is 0.0698. The van der Waals surface area contributed by atoms with Crippen molar-refractivity contribution in [3.05, 3.63) is 53.0 Å². The van der Waals surface area contributed by atoms with Gasteiger partial charge in [-0.2, -0.15) is 0 Å². The van der Waals surface area contributed by atoms with Crippen LogP contribution < -0.4 is 5.32 Å². The number of carboxylic acids is 1. The molecule has 0 aliphatic rings. The number of hydrogen-bond acceptors (Lipinski definition) is 3. The van der Waals surface area contributed by atoms with Gasteiger partial charge in [0.05, 0.1) is 16.6 Å². The predicted octanol–water partition coefficient (Wildman–Crippen LogP) is 3.18. The molecule has 0 bridgehead atoms.